The van der Waals surface area contributed by atoms with Crippen LogP contribution >= 0.6 is 34.8 Å². The zero-order chi connectivity index (χ0) is 32.7. The van der Waals surface area contributed by atoms with Crippen LogP contribution < -0.4 is 4.74 Å². The van der Waals surface area contributed by atoms with Crippen molar-refractivity contribution in [3.63, 3.8) is 0 Å². The highest BCUT2D eigenvalue weighted by molar-refractivity contribution is 6.53. The van der Waals surface area contributed by atoms with Gasteiger partial charge in [0.25, 0.3) is 11.8 Å². The molecular weight excluding hydrogens is 653 g/mol. The number of allylic oxidation sites excluding steroid dienone is 2. The average Bonchev–Trinajstić information content (AvgIpc) is 3.38. The Bertz CT molecular complexity index is 1680. The van der Waals surface area contributed by atoms with Gasteiger partial charge in [0.15, 0.2) is 21.2 Å². The lowest BCUT2D eigenvalue weighted by atomic mass is 9.56. The van der Waals surface area contributed by atoms with Crippen molar-refractivity contribution in [1.29, 1.82) is 0 Å². The summed E-state index contributed by atoms with van der Waals surface area (Å²) in [6.07, 6.45) is 3.43. The molecule has 5 aliphatic rings. The summed E-state index contributed by atoms with van der Waals surface area (Å²) >= 11 is 20.9. The largest absolute Gasteiger partial charge is 0.503 e. The van der Waals surface area contributed by atoms with Gasteiger partial charge in [0.2, 0.25) is 11.8 Å². The quantitative estimate of drug-likeness (QED) is 0.276. The van der Waals surface area contributed by atoms with E-state index >= 15 is 0 Å². The molecule has 3 saturated heterocycles. The minimum absolute atomic E-state index is 0.0340. The zero-order valence-corrected chi connectivity index (χ0v) is 27.7. The molecule has 242 valence electrons. The second kappa shape index (κ2) is 11.3. The number of nitrogens with zero attached hydrogens (tertiary/aromatic N) is 3. The van der Waals surface area contributed by atoms with E-state index in [1.165, 1.54) is 36.8 Å². The van der Waals surface area contributed by atoms with Crippen molar-refractivity contribution < 1.29 is 29.0 Å². The lowest BCUT2D eigenvalue weighted by Crippen LogP contribution is -2.60. The monoisotopic (exact) mass is 685 g/mol. The number of carbonyl (C=O) groups is 4. The van der Waals surface area contributed by atoms with E-state index in [0.717, 1.165) is 24.5 Å². The van der Waals surface area contributed by atoms with Crippen LogP contribution in [-0.4, -0.2) is 86.5 Å². The molecule has 6 atom stereocenters. The molecule has 12 heteroatoms. The lowest BCUT2D eigenvalue weighted by molar-refractivity contribution is -0.144. The molecule has 7 rings (SSSR count). The summed E-state index contributed by atoms with van der Waals surface area (Å²) in [5.74, 6) is -4.99. The number of phenolic OH excluding ortho intramolecular Hbond substituents is 1. The Morgan fingerprint density at radius 1 is 0.978 bits per heavy atom. The van der Waals surface area contributed by atoms with Gasteiger partial charge >= 0.3 is 0 Å². The molecule has 0 radical (unpaired) electrons. The van der Waals surface area contributed by atoms with Crippen LogP contribution in [0.2, 0.25) is 5.02 Å². The van der Waals surface area contributed by atoms with Crippen LogP contribution in [0.1, 0.15) is 42.7 Å². The average molecular weight is 687 g/mol. The third-order valence-electron chi connectivity index (χ3n) is 10.8. The van der Waals surface area contributed by atoms with E-state index in [1.807, 2.05) is 24.3 Å². The highest BCUT2D eigenvalue weighted by Gasteiger charge is 2.76. The number of methoxy groups -OCH3 is 1. The molecule has 1 N–H and O–H groups in total. The molecule has 0 spiro atoms. The Labute approximate surface area is 282 Å². The molecule has 3 heterocycles. The van der Waals surface area contributed by atoms with E-state index in [4.69, 9.17) is 39.5 Å². The first-order valence-electron chi connectivity index (χ1n) is 15.5. The molecule has 0 aromatic heterocycles. The molecule has 0 bridgehead atoms. The van der Waals surface area contributed by atoms with E-state index in [-0.39, 0.29) is 47.2 Å². The summed E-state index contributed by atoms with van der Waals surface area (Å²) in [5.41, 5.74) is 2.28. The number of likely N-dealkylation sites (tertiary alicyclic amines) is 3. The third kappa shape index (κ3) is 4.38. The van der Waals surface area contributed by atoms with E-state index in [0.29, 0.717) is 24.0 Å². The number of phenols is 1. The number of rotatable bonds is 5. The molecule has 6 unspecified atom stereocenters. The van der Waals surface area contributed by atoms with Crippen molar-refractivity contribution >= 4 is 58.4 Å². The van der Waals surface area contributed by atoms with Crippen molar-refractivity contribution in [3.8, 4) is 11.5 Å². The van der Waals surface area contributed by atoms with Gasteiger partial charge in [0.1, 0.15) is 0 Å². The SMILES string of the molecule is COc1cc(C2C3=CCC4C(=O)N(C5CCN(Cc6ccccc6)CC5)C(=O)C4C3CC3(Cl)C(=O)N(C)C(=O)C23Cl)cc(Cl)c1O. The van der Waals surface area contributed by atoms with Crippen molar-refractivity contribution in [1.82, 2.24) is 14.7 Å². The Balaban J connectivity index is 1.23. The minimum Gasteiger partial charge on any atom is -0.503 e. The number of alkyl halides is 2. The summed E-state index contributed by atoms with van der Waals surface area (Å²) in [6.45, 7) is 2.32. The molecule has 4 fully saturated rings. The van der Waals surface area contributed by atoms with Gasteiger partial charge in [-0.1, -0.05) is 53.6 Å². The topological polar surface area (TPSA) is 107 Å². The highest BCUT2D eigenvalue weighted by Crippen LogP contribution is 2.65. The van der Waals surface area contributed by atoms with Gasteiger partial charge in [0.05, 0.1) is 24.0 Å². The van der Waals surface area contributed by atoms with Crippen molar-refractivity contribution in [2.75, 3.05) is 27.2 Å². The molecule has 9 nitrogen and oxygen atoms in total. The standard InChI is InChI=1S/C34H34Cl3N3O6/c1-38-31(44)33(36)16-23-21(27(34(33,37)32(38)45)19-14-24(35)28(41)25(15-19)46-2)8-9-22-26(23)30(43)40(29(22)42)20-10-12-39(13-11-20)17-18-6-4-3-5-7-18/h3-8,14-15,20,22-23,26-27,41H,9-13,16-17H2,1-2H3. The molecule has 2 aliphatic carbocycles. The fourth-order valence-electron chi connectivity index (χ4n) is 8.60. The number of carbonyl (C=O) groups excluding carboxylic acids is 4. The Morgan fingerprint density at radius 3 is 2.35 bits per heavy atom. The van der Waals surface area contributed by atoms with Crippen LogP contribution in [0.5, 0.6) is 11.5 Å². The number of imide groups is 2. The van der Waals surface area contributed by atoms with Crippen molar-refractivity contribution in [2.24, 2.45) is 17.8 Å². The summed E-state index contributed by atoms with van der Waals surface area (Å²) in [4.78, 5) is 56.7. The van der Waals surface area contributed by atoms with E-state index in [2.05, 4.69) is 17.0 Å². The van der Waals surface area contributed by atoms with Crippen LogP contribution in [0.15, 0.2) is 54.1 Å². The number of hydrogen-bond acceptors (Lipinski definition) is 7. The summed E-state index contributed by atoms with van der Waals surface area (Å²) in [7, 11) is 2.71. The number of halogens is 3. The minimum atomic E-state index is -1.95. The maximum atomic E-state index is 14.4. The van der Waals surface area contributed by atoms with Gasteiger partial charge in [-0.3, -0.25) is 33.9 Å². The molecule has 1 saturated carbocycles. The zero-order valence-electron chi connectivity index (χ0n) is 25.4. The number of benzene rings is 2. The first-order chi connectivity index (χ1) is 21.9. The molecule has 46 heavy (non-hydrogen) atoms. The Morgan fingerprint density at radius 2 is 1.67 bits per heavy atom. The maximum absolute atomic E-state index is 14.4. The summed E-state index contributed by atoms with van der Waals surface area (Å²) in [6, 6.07) is 13.0. The van der Waals surface area contributed by atoms with Gasteiger partial charge in [-0.15, -0.1) is 23.2 Å². The number of aromatic hydroxyl groups is 1. The van der Waals surface area contributed by atoms with Crippen LogP contribution in [0, 0.1) is 17.8 Å². The first kappa shape index (κ1) is 31.5. The van der Waals surface area contributed by atoms with Crippen LogP contribution in [0.4, 0.5) is 0 Å². The molecule has 3 aliphatic heterocycles. The Kier molecular flexibility index (Phi) is 7.70. The number of piperidine rings is 1. The maximum Gasteiger partial charge on any atom is 0.253 e. The smallest absolute Gasteiger partial charge is 0.253 e. The summed E-state index contributed by atoms with van der Waals surface area (Å²) < 4.78 is 5.35. The molecular formula is C34H34Cl3N3O6. The van der Waals surface area contributed by atoms with Crippen molar-refractivity contribution in [2.45, 2.75) is 53.9 Å². The lowest BCUT2D eigenvalue weighted by Gasteiger charge is -2.50. The van der Waals surface area contributed by atoms with Crippen LogP contribution in [0.25, 0.3) is 0 Å². The Hall–Kier alpha value is -3.11. The van der Waals surface area contributed by atoms with Gasteiger partial charge in [-0.2, -0.15) is 0 Å². The molecule has 2 aromatic rings. The fourth-order valence-corrected chi connectivity index (χ4v) is 9.83. The predicted octanol–water partition coefficient (Wildman–Crippen LogP) is 4.71. The van der Waals surface area contributed by atoms with Crippen LogP contribution in [0.3, 0.4) is 0 Å². The number of fused-ring (bicyclic) bond motifs is 4. The van der Waals surface area contributed by atoms with Gasteiger partial charge in [0, 0.05) is 38.6 Å². The van der Waals surface area contributed by atoms with E-state index in [9.17, 15) is 24.3 Å². The second-order valence-electron chi connectivity index (χ2n) is 13.1. The highest BCUT2D eigenvalue weighted by atomic mass is 35.5. The summed E-state index contributed by atoms with van der Waals surface area (Å²) in [5, 5.41) is 10.4. The number of ether oxygens (including phenoxy) is 1. The number of amides is 4. The van der Waals surface area contributed by atoms with Gasteiger partial charge < -0.3 is 9.84 Å². The number of hydrogen-bond donors (Lipinski definition) is 1. The fraction of sp³-hybridized carbons (Fsp3) is 0.471. The predicted molar refractivity (Wildman–Crippen MR) is 172 cm³/mol. The third-order valence-corrected chi connectivity index (χ3v) is 12.5. The van der Waals surface area contributed by atoms with Crippen molar-refractivity contribution in [3.05, 3.63) is 70.3 Å². The normalized spacial score (nSPS) is 33.2. The first-order valence-corrected chi connectivity index (χ1v) is 16.7. The second-order valence-corrected chi connectivity index (χ2v) is 14.7. The van der Waals surface area contributed by atoms with E-state index in [1.54, 1.807) is 0 Å². The van der Waals surface area contributed by atoms with Gasteiger partial charge in [-0.05, 0) is 54.9 Å². The van der Waals surface area contributed by atoms with E-state index < -0.39 is 45.2 Å². The van der Waals surface area contributed by atoms with Gasteiger partial charge in [-0.25, -0.2) is 0 Å². The molecule has 4 amide bonds. The molecule has 2 aromatic carbocycles. The van der Waals surface area contributed by atoms with Crippen LogP contribution in [-0.2, 0) is 25.7 Å².